The monoisotopic (exact) mass is 98.1 g/mol. The summed E-state index contributed by atoms with van der Waals surface area (Å²) in [7, 11) is 0. The van der Waals surface area contributed by atoms with Crippen molar-refractivity contribution >= 4 is 0 Å². The van der Waals surface area contributed by atoms with E-state index in [0.717, 1.165) is 13.1 Å². The van der Waals surface area contributed by atoms with Gasteiger partial charge in [-0.1, -0.05) is 0 Å². The fraction of sp³-hybridized carbons (Fsp3) is 1.00. The second-order valence-corrected chi connectivity index (χ2v) is 1.75. The number of nitrogens with zero attached hydrogens (tertiary/aromatic N) is 3. The van der Waals surface area contributed by atoms with Crippen LogP contribution in [0, 0.1) is 0 Å². The van der Waals surface area contributed by atoms with Gasteiger partial charge >= 0.3 is 0 Å². The molecule has 0 spiro atoms. The summed E-state index contributed by atoms with van der Waals surface area (Å²) in [5.74, 6) is 0. The van der Waals surface area contributed by atoms with Crippen molar-refractivity contribution in [1.29, 1.82) is 0 Å². The molecule has 0 saturated carbocycles. The van der Waals surface area contributed by atoms with Crippen LogP contribution in [-0.4, -0.2) is 18.1 Å². The van der Waals surface area contributed by atoms with E-state index >= 15 is 0 Å². The van der Waals surface area contributed by atoms with E-state index in [1.807, 2.05) is 0 Å². The molecule has 1 fully saturated rings. The molecule has 0 unspecified atom stereocenters. The van der Waals surface area contributed by atoms with E-state index in [-0.39, 0.29) is 0 Å². The third kappa shape index (κ3) is 0.885. The highest BCUT2D eigenvalue weighted by molar-refractivity contribution is 4.58. The lowest BCUT2D eigenvalue weighted by Crippen LogP contribution is -2.09. The molecule has 0 atom stereocenters. The van der Waals surface area contributed by atoms with Crippen molar-refractivity contribution in [3.8, 4) is 0 Å². The van der Waals surface area contributed by atoms with Crippen LogP contribution in [0.4, 0.5) is 0 Å². The van der Waals surface area contributed by atoms with Gasteiger partial charge in [0.1, 0.15) is 0 Å². The lowest BCUT2D eigenvalue weighted by atomic mass is 10.4. The Bertz CT molecular complexity index is 65.3. The van der Waals surface area contributed by atoms with Gasteiger partial charge in [0.05, 0.1) is 0 Å². The Morgan fingerprint density at radius 1 is 1.29 bits per heavy atom. The van der Waals surface area contributed by atoms with Crippen molar-refractivity contribution in [2.45, 2.75) is 12.8 Å². The van der Waals surface area contributed by atoms with Gasteiger partial charge in [-0.05, 0) is 23.6 Å². The molecule has 3 heteroatoms. The quantitative estimate of drug-likeness (QED) is 0.433. The third-order valence-electron chi connectivity index (χ3n) is 1.21. The van der Waals surface area contributed by atoms with Crippen LogP contribution in [0.3, 0.4) is 0 Å². The highest BCUT2D eigenvalue weighted by atomic mass is 15.5. The predicted octanol–water partition coefficient (Wildman–Crippen LogP) is 0.249. The first-order valence-corrected chi connectivity index (χ1v) is 2.53. The largest absolute Gasteiger partial charge is 0.277 e. The normalized spacial score (nSPS) is 20.3. The third-order valence-corrected chi connectivity index (χ3v) is 1.21. The van der Waals surface area contributed by atoms with Gasteiger partial charge in [0, 0.05) is 13.1 Å². The zero-order valence-electron chi connectivity index (χ0n) is 4.17. The summed E-state index contributed by atoms with van der Waals surface area (Å²) in [6, 6.07) is 0. The molecule has 0 bridgehead atoms. The molecule has 0 aromatic rings. The van der Waals surface area contributed by atoms with Crippen LogP contribution >= 0.6 is 0 Å². The summed E-state index contributed by atoms with van der Waals surface area (Å²) in [6.07, 6.45) is 2.34. The maximum absolute atomic E-state index is 8.12. The molecule has 1 aliphatic rings. The van der Waals surface area contributed by atoms with Gasteiger partial charge in [-0.25, -0.2) is 0 Å². The van der Waals surface area contributed by atoms with Gasteiger partial charge < -0.3 is 0 Å². The summed E-state index contributed by atoms with van der Waals surface area (Å²) in [5, 5.41) is 4.69. The van der Waals surface area contributed by atoms with Crippen molar-refractivity contribution in [3.63, 3.8) is 0 Å². The molecule has 1 radical (unpaired) electrons. The predicted molar refractivity (Wildman–Crippen MR) is 25.4 cm³/mol. The van der Waals surface area contributed by atoms with Crippen molar-refractivity contribution in [2.75, 3.05) is 13.1 Å². The lowest BCUT2D eigenvalue weighted by Gasteiger charge is -2.02. The summed E-state index contributed by atoms with van der Waals surface area (Å²) in [5.41, 5.74) is 8.12. The van der Waals surface area contributed by atoms with E-state index in [0.29, 0.717) is 0 Å². The second-order valence-electron chi connectivity index (χ2n) is 1.75. The Labute approximate surface area is 42.8 Å². The number of hydrogen-bond donors (Lipinski definition) is 0. The fourth-order valence-electron chi connectivity index (χ4n) is 0.790. The maximum atomic E-state index is 8.12. The van der Waals surface area contributed by atoms with E-state index in [2.05, 4.69) is 5.22 Å². The summed E-state index contributed by atoms with van der Waals surface area (Å²) in [4.78, 5) is 0. The van der Waals surface area contributed by atoms with Gasteiger partial charge in [0.2, 0.25) is 0 Å². The SMILES string of the molecule is [N]=NN1CCCC1. The zero-order chi connectivity index (χ0) is 5.11. The highest BCUT2D eigenvalue weighted by Crippen LogP contribution is 2.05. The Morgan fingerprint density at radius 2 is 1.86 bits per heavy atom. The smallest absolute Gasteiger partial charge is 0.0378 e. The van der Waals surface area contributed by atoms with E-state index in [1.165, 1.54) is 12.8 Å². The lowest BCUT2D eigenvalue weighted by molar-refractivity contribution is 0.337. The summed E-state index contributed by atoms with van der Waals surface area (Å²) < 4.78 is 0. The molecular formula is C4H8N3. The van der Waals surface area contributed by atoms with E-state index < -0.39 is 0 Å². The summed E-state index contributed by atoms with van der Waals surface area (Å²) >= 11 is 0. The molecule has 0 aromatic heterocycles. The maximum Gasteiger partial charge on any atom is 0.0378 e. The molecule has 0 aromatic carbocycles. The molecule has 0 aliphatic carbocycles. The Balaban J connectivity index is 2.26. The van der Waals surface area contributed by atoms with Crippen LogP contribution in [0.1, 0.15) is 12.8 Å². The first kappa shape index (κ1) is 4.56. The Morgan fingerprint density at radius 3 is 2.14 bits per heavy atom. The average Bonchev–Trinajstić information content (AvgIpc) is 2.14. The minimum absolute atomic E-state index is 0.927. The topological polar surface area (TPSA) is 37.9 Å². The van der Waals surface area contributed by atoms with Crippen LogP contribution in [0.2, 0.25) is 0 Å². The van der Waals surface area contributed by atoms with Crippen molar-refractivity contribution < 1.29 is 0 Å². The number of rotatable bonds is 1. The van der Waals surface area contributed by atoms with Gasteiger partial charge in [0.25, 0.3) is 0 Å². The highest BCUT2D eigenvalue weighted by Gasteiger charge is 2.06. The van der Waals surface area contributed by atoms with Gasteiger partial charge in [-0.3, -0.25) is 5.01 Å². The molecule has 3 nitrogen and oxygen atoms in total. The number of hydrogen-bond acceptors (Lipinski definition) is 1. The first-order valence-electron chi connectivity index (χ1n) is 2.53. The summed E-state index contributed by atoms with van der Waals surface area (Å²) in [6.45, 7) is 1.85. The molecule has 1 heterocycles. The van der Waals surface area contributed by atoms with E-state index in [4.69, 9.17) is 5.53 Å². The van der Waals surface area contributed by atoms with Crippen LogP contribution in [0.25, 0.3) is 0 Å². The zero-order valence-corrected chi connectivity index (χ0v) is 4.17. The second kappa shape index (κ2) is 1.91. The van der Waals surface area contributed by atoms with Gasteiger partial charge in [-0.15, -0.1) is 0 Å². The minimum atomic E-state index is 0.927. The molecule has 39 valence electrons. The molecular weight excluding hydrogens is 90.1 g/mol. The van der Waals surface area contributed by atoms with Crippen LogP contribution in [-0.2, 0) is 0 Å². The van der Waals surface area contributed by atoms with Crippen molar-refractivity contribution in [2.24, 2.45) is 5.22 Å². The molecule has 1 aliphatic heterocycles. The van der Waals surface area contributed by atoms with E-state index in [1.54, 1.807) is 5.01 Å². The standard InChI is InChI=1S/C4H8N3/c5-6-7-3-1-2-4-7/h1-4H2. The molecule has 0 amide bonds. The molecule has 1 rings (SSSR count). The van der Waals surface area contributed by atoms with Crippen molar-refractivity contribution in [1.82, 2.24) is 10.5 Å². The van der Waals surface area contributed by atoms with E-state index in [9.17, 15) is 0 Å². The molecule has 7 heavy (non-hydrogen) atoms. The molecule has 0 N–H and O–H groups in total. The first-order chi connectivity index (χ1) is 3.43. The van der Waals surface area contributed by atoms with Crippen LogP contribution in [0.5, 0.6) is 0 Å². The Hall–Kier alpha value is -0.600. The Kier molecular flexibility index (Phi) is 1.24. The minimum Gasteiger partial charge on any atom is -0.277 e. The van der Waals surface area contributed by atoms with Gasteiger partial charge in [0.15, 0.2) is 0 Å². The van der Waals surface area contributed by atoms with Crippen LogP contribution < -0.4 is 5.53 Å². The average molecular weight is 98.1 g/mol. The molecule has 1 saturated heterocycles. The van der Waals surface area contributed by atoms with Crippen LogP contribution in [0.15, 0.2) is 5.22 Å². The van der Waals surface area contributed by atoms with Crippen molar-refractivity contribution in [3.05, 3.63) is 0 Å². The fourth-order valence-corrected chi connectivity index (χ4v) is 0.790. The van der Waals surface area contributed by atoms with Gasteiger partial charge in [-0.2, -0.15) is 0 Å².